The van der Waals surface area contributed by atoms with E-state index in [9.17, 15) is 8.42 Å². The Morgan fingerprint density at radius 1 is 1.62 bits per heavy atom. The van der Waals surface area contributed by atoms with Gasteiger partial charge in [-0.15, -0.1) is 0 Å². The van der Waals surface area contributed by atoms with E-state index in [4.69, 9.17) is 4.55 Å². The Morgan fingerprint density at radius 3 is 2.25 bits per heavy atom. The summed E-state index contributed by atoms with van der Waals surface area (Å²) in [6.45, 7) is 1.62. The average Bonchev–Trinajstić information content (AvgIpc) is 1.59. The van der Waals surface area contributed by atoms with E-state index >= 15 is 0 Å². The largest absolute Gasteiger partial charge is 0.357 e. The first-order valence-corrected chi connectivity index (χ1v) is 3.36. The molecule has 0 bridgehead atoms. The number of hydrogen-bond acceptors (Lipinski definition) is 2. The van der Waals surface area contributed by atoms with E-state index in [-0.39, 0.29) is 0 Å². The summed E-state index contributed by atoms with van der Waals surface area (Å²) in [5.41, 5.74) is 0. The van der Waals surface area contributed by atoms with Crippen molar-refractivity contribution in [3.05, 3.63) is 12.3 Å². The Labute approximate surface area is 48.1 Å². The fourth-order valence-corrected chi connectivity index (χ4v) is 0.462. The molecule has 0 atom stereocenters. The second-order valence-corrected chi connectivity index (χ2v) is 2.28. The van der Waals surface area contributed by atoms with Crippen LogP contribution in [0.2, 0.25) is 0 Å². The smallest absolute Gasteiger partial charge is 0.269 e. The fourth-order valence-electron chi connectivity index (χ4n) is 0.154. The van der Waals surface area contributed by atoms with Crippen LogP contribution in [0.1, 0.15) is 6.92 Å². The van der Waals surface area contributed by atoms with Gasteiger partial charge in [0.25, 0.3) is 0 Å². The standard InChI is InChI=1S/C3H7NO3S/c1-2-3-4-8(5,6)7/h2-4H,1H3,(H,5,6,7)/b3-2-. The maximum absolute atomic E-state index is 9.78. The monoisotopic (exact) mass is 137 g/mol. The molecule has 0 fully saturated rings. The van der Waals surface area contributed by atoms with Crippen molar-refractivity contribution >= 4 is 10.3 Å². The molecule has 8 heavy (non-hydrogen) atoms. The molecule has 0 aliphatic heterocycles. The maximum atomic E-state index is 9.78. The second kappa shape index (κ2) is 2.68. The molecule has 4 nitrogen and oxygen atoms in total. The van der Waals surface area contributed by atoms with Crippen molar-refractivity contribution in [3.63, 3.8) is 0 Å². The van der Waals surface area contributed by atoms with Crippen LogP contribution >= 0.6 is 0 Å². The van der Waals surface area contributed by atoms with Gasteiger partial charge in [-0.05, 0) is 6.92 Å². The average molecular weight is 137 g/mol. The molecule has 0 unspecified atom stereocenters. The lowest BCUT2D eigenvalue weighted by Gasteiger charge is -1.89. The molecule has 0 aliphatic rings. The molecule has 0 rings (SSSR count). The fraction of sp³-hybridized carbons (Fsp3) is 0.333. The van der Waals surface area contributed by atoms with Crippen molar-refractivity contribution < 1.29 is 13.0 Å². The third-order valence-corrected chi connectivity index (χ3v) is 0.818. The lowest BCUT2D eigenvalue weighted by Crippen LogP contribution is -2.15. The SMILES string of the molecule is C/C=C\NS(=O)(=O)O. The third kappa shape index (κ3) is 5.45. The molecule has 5 heteroatoms. The zero-order valence-corrected chi connectivity index (χ0v) is 5.14. The van der Waals surface area contributed by atoms with Gasteiger partial charge >= 0.3 is 10.3 Å². The minimum Gasteiger partial charge on any atom is -0.269 e. The van der Waals surface area contributed by atoms with Crippen LogP contribution in [-0.4, -0.2) is 13.0 Å². The zero-order chi connectivity index (χ0) is 6.62. The Morgan fingerprint density at radius 2 is 2.12 bits per heavy atom. The molecular weight excluding hydrogens is 130 g/mol. The van der Waals surface area contributed by atoms with E-state index in [0.29, 0.717) is 0 Å². The quantitative estimate of drug-likeness (QED) is 0.523. The minimum atomic E-state index is -4.02. The highest BCUT2D eigenvalue weighted by Gasteiger charge is 1.93. The Balaban J connectivity index is 3.76. The molecule has 0 aromatic rings. The van der Waals surface area contributed by atoms with Crippen LogP contribution in [0.15, 0.2) is 12.3 Å². The van der Waals surface area contributed by atoms with Crippen molar-refractivity contribution in [2.24, 2.45) is 0 Å². The van der Waals surface area contributed by atoms with Crippen LogP contribution in [0, 0.1) is 0 Å². The van der Waals surface area contributed by atoms with Crippen LogP contribution < -0.4 is 4.72 Å². The highest BCUT2D eigenvalue weighted by molar-refractivity contribution is 7.83. The molecule has 0 spiro atoms. The predicted octanol–water partition coefficient (Wildman–Crippen LogP) is -0.0876. The van der Waals surface area contributed by atoms with Crippen molar-refractivity contribution in [2.45, 2.75) is 6.92 Å². The van der Waals surface area contributed by atoms with Crippen LogP contribution in [0.5, 0.6) is 0 Å². The van der Waals surface area contributed by atoms with Gasteiger partial charge in [-0.25, -0.2) is 0 Å². The summed E-state index contributed by atoms with van der Waals surface area (Å²) in [5, 5.41) is 0. The first-order chi connectivity index (χ1) is 3.56. The Hall–Kier alpha value is -0.550. The summed E-state index contributed by atoms with van der Waals surface area (Å²) in [6.07, 6.45) is 2.57. The number of hydrogen-bond donors (Lipinski definition) is 2. The van der Waals surface area contributed by atoms with Gasteiger partial charge in [0.15, 0.2) is 0 Å². The maximum Gasteiger partial charge on any atom is 0.357 e. The van der Waals surface area contributed by atoms with Gasteiger partial charge in [0.05, 0.1) is 0 Å². The lowest BCUT2D eigenvalue weighted by molar-refractivity contribution is 0.476. The molecule has 0 heterocycles. The lowest BCUT2D eigenvalue weighted by atomic mass is 10.7. The molecule has 0 aliphatic carbocycles. The van der Waals surface area contributed by atoms with E-state index in [2.05, 4.69) is 0 Å². The molecule has 2 N–H and O–H groups in total. The van der Waals surface area contributed by atoms with Crippen molar-refractivity contribution in [1.29, 1.82) is 0 Å². The van der Waals surface area contributed by atoms with Gasteiger partial charge in [0.2, 0.25) is 0 Å². The first-order valence-electron chi connectivity index (χ1n) is 1.92. The van der Waals surface area contributed by atoms with Gasteiger partial charge in [-0.3, -0.25) is 9.27 Å². The van der Waals surface area contributed by atoms with E-state index in [1.54, 1.807) is 11.6 Å². The first kappa shape index (κ1) is 7.45. The number of nitrogens with one attached hydrogen (secondary N) is 1. The Kier molecular flexibility index (Phi) is 2.50. The second-order valence-electron chi connectivity index (χ2n) is 1.09. The molecule has 48 valence electrons. The summed E-state index contributed by atoms with van der Waals surface area (Å²) < 4.78 is 29.2. The van der Waals surface area contributed by atoms with Crippen LogP contribution in [0.25, 0.3) is 0 Å². The summed E-state index contributed by atoms with van der Waals surface area (Å²) in [4.78, 5) is 0. The summed E-state index contributed by atoms with van der Waals surface area (Å²) in [7, 11) is -4.02. The number of allylic oxidation sites excluding steroid dienone is 1. The van der Waals surface area contributed by atoms with E-state index < -0.39 is 10.3 Å². The highest BCUT2D eigenvalue weighted by atomic mass is 32.2. The summed E-state index contributed by atoms with van der Waals surface area (Å²) >= 11 is 0. The van der Waals surface area contributed by atoms with Gasteiger partial charge in [0.1, 0.15) is 0 Å². The van der Waals surface area contributed by atoms with E-state index in [1.165, 1.54) is 6.08 Å². The molecule has 0 aromatic carbocycles. The van der Waals surface area contributed by atoms with Crippen molar-refractivity contribution in [2.75, 3.05) is 0 Å². The molecule has 0 radical (unpaired) electrons. The van der Waals surface area contributed by atoms with Crippen LogP contribution in [0.4, 0.5) is 0 Å². The molecular formula is C3H7NO3S. The molecule has 0 aromatic heterocycles. The summed E-state index contributed by atoms with van der Waals surface area (Å²) in [5.74, 6) is 0. The number of rotatable bonds is 2. The minimum absolute atomic E-state index is 1.12. The molecule has 0 amide bonds. The van der Waals surface area contributed by atoms with Gasteiger partial charge < -0.3 is 0 Å². The highest BCUT2D eigenvalue weighted by Crippen LogP contribution is 1.71. The predicted molar refractivity (Wildman–Crippen MR) is 29.5 cm³/mol. The normalized spacial score (nSPS) is 12.2. The Bertz CT molecular complexity index is 169. The van der Waals surface area contributed by atoms with Gasteiger partial charge in [-0.2, -0.15) is 8.42 Å². The molecule has 0 saturated heterocycles. The van der Waals surface area contributed by atoms with Crippen LogP contribution in [0.3, 0.4) is 0 Å². The molecule has 0 saturated carbocycles. The third-order valence-electron chi connectivity index (χ3n) is 0.384. The summed E-state index contributed by atoms with van der Waals surface area (Å²) in [6, 6.07) is 0. The van der Waals surface area contributed by atoms with Crippen molar-refractivity contribution in [1.82, 2.24) is 4.72 Å². The van der Waals surface area contributed by atoms with Crippen LogP contribution in [-0.2, 0) is 10.3 Å². The van der Waals surface area contributed by atoms with E-state index in [1.807, 2.05) is 0 Å². The zero-order valence-electron chi connectivity index (χ0n) is 4.33. The van der Waals surface area contributed by atoms with Gasteiger partial charge in [0, 0.05) is 6.20 Å². The van der Waals surface area contributed by atoms with Crippen molar-refractivity contribution in [3.8, 4) is 0 Å². The van der Waals surface area contributed by atoms with E-state index in [0.717, 1.165) is 6.20 Å². The van der Waals surface area contributed by atoms with Gasteiger partial charge in [-0.1, -0.05) is 6.08 Å². The topological polar surface area (TPSA) is 66.4 Å².